The van der Waals surface area contributed by atoms with Crippen LogP contribution in [0.15, 0.2) is 18.2 Å². The molecule has 0 amide bonds. The van der Waals surface area contributed by atoms with Gasteiger partial charge >= 0.3 is 5.97 Å². The van der Waals surface area contributed by atoms with Crippen LogP contribution >= 0.6 is 0 Å². The number of nitrogens with two attached hydrogens (primary N) is 1. The number of benzene rings is 1. The molecule has 0 fully saturated rings. The largest absolute Gasteiger partial charge is 0.494 e. The number of methoxy groups -OCH3 is 1. The van der Waals surface area contributed by atoms with Crippen LogP contribution in [0.3, 0.4) is 0 Å². The summed E-state index contributed by atoms with van der Waals surface area (Å²) in [6.45, 7) is 5.21. The monoisotopic (exact) mass is 481 g/mol. The van der Waals surface area contributed by atoms with Gasteiger partial charge in [-0.2, -0.15) is 0 Å². The average molecular weight is 482 g/mol. The van der Waals surface area contributed by atoms with Crippen LogP contribution in [0, 0.1) is 0 Å². The van der Waals surface area contributed by atoms with Gasteiger partial charge in [-0.05, 0) is 50.3 Å². The van der Waals surface area contributed by atoms with Gasteiger partial charge in [0.2, 0.25) is 0 Å². The molecule has 0 spiro atoms. The molecule has 1 aromatic rings. The summed E-state index contributed by atoms with van der Waals surface area (Å²) in [6.07, 6.45) is 8.41. The van der Waals surface area contributed by atoms with Crippen LogP contribution in [0.25, 0.3) is 0 Å². The second kappa shape index (κ2) is 18.5. The Labute approximate surface area is 204 Å². The Morgan fingerprint density at radius 2 is 1.50 bits per heavy atom. The van der Waals surface area contributed by atoms with Crippen molar-refractivity contribution in [2.45, 2.75) is 63.8 Å². The Morgan fingerprint density at radius 3 is 2.18 bits per heavy atom. The topological polar surface area (TPSA) is 98.5 Å². The minimum Gasteiger partial charge on any atom is -0.494 e. The van der Waals surface area contributed by atoms with E-state index in [1.165, 1.54) is 7.11 Å². The molecular weight excluding hydrogens is 438 g/mol. The number of carbonyl (C=O) groups excluding carboxylic acids is 1. The maximum absolute atomic E-state index is 11.0. The van der Waals surface area contributed by atoms with Gasteiger partial charge in [-0.1, -0.05) is 12.8 Å². The first-order chi connectivity index (χ1) is 16.7. The van der Waals surface area contributed by atoms with Crippen molar-refractivity contribution in [3.63, 3.8) is 0 Å². The molecule has 0 unspecified atom stereocenters. The number of fused-ring (bicyclic) bond motifs is 1. The molecule has 0 aromatic heterocycles. The highest BCUT2D eigenvalue weighted by Gasteiger charge is 2.18. The Kier molecular flexibility index (Phi) is 15.4. The van der Waals surface area contributed by atoms with E-state index in [1.54, 1.807) is 0 Å². The van der Waals surface area contributed by atoms with E-state index >= 15 is 0 Å². The molecule has 0 saturated heterocycles. The SMILES string of the molecule is COC(=O)CCCCCOCCOCCOCCCCCCOc1ccc2c(c1)[C@H](N)CCO2. The van der Waals surface area contributed by atoms with Crippen molar-refractivity contribution in [3.05, 3.63) is 23.8 Å². The Bertz CT molecular complexity index is 671. The third kappa shape index (κ3) is 12.6. The van der Waals surface area contributed by atoms with Crippen LogP contribution in [-0.4, -0.2) is 65.9 Å². The number of hydrogen-bond donors (Lipinski definition) is 1. The first kappa shape index (κ1) is 28.4. The van der Waals surface area contributed by atoms with E-state index in [0.29, 0.717) is 52.7 Å². The van der Waals surface area contributed by atoms with Crippen molar-refractivity contribution < 1.29 is 33.2 Å². The fourth-order valence-electron chi connectivity index (χ4n) is 3.63. The standard InChI is InChI=1S/C26H43NO7/c1-29-26(28)9-5-4-7-14-31-18-20-32-19-17-30-13-6-2-3-8-15-33-22-10-11-25-23(21-22)24(27)12-16-34-25/h10-11,21,24H,2-9,12-20,27H2,1H3/t24-/m1/s1. The average Bonchev–Trinajstić information content (AvgIpc) is 2.85. The molecule has 2 N–H and O–H groups in total. The minimum absolute atomic E-state index is 0.0346. The highest BCUT2D eigenvalue weighted by atomic mass is 16.5. The summed E-state index contributed by atoms with van der Waals surface area (Å²) >= 11 is 0. The summed E-state index contributed by atoms with van der Waals surface area (Å²) in [6, 6.07) is 5.95. The molecule has 2 rings (SSSR count). The van der Waals surface area contributed by atoms with Crippen molar-refractivity contribution in [1.29, 1.82) is 0 Å². The molecule has 0 bridgehead atoms. The van der Waals surface area contributed by atoms with Crippen molar-refractivity contribution in [3.8, 4) is 11.5 Å². The van der Waals surface area contributed by atoms with E-state index in [2.05, 4.69) is 4.74 Å². The molecule has 194 valence electrons. The van der Waals surface area contributed by atoms with Gasteiger partial charge in [0.25, 0.3) is 0 Å². The van der Waals surface area contributed by atoms with E-state index in [4.69, 9.17) is 29.4 Å². The van der Waals surface area contributed by atoms with Crippen LogP contribution in [0.5, 0.6) is 11.5 Å². The highest BCUT2D eigenvalue weighted by Crippen LogP contribution is 2.33. The van der Waals surface area contributed by atoms with Gasteiger partial charge in [-0.15, -0.1) is 0 Å². The Balaban J connectivity index is 1.29. The van der Waals surface area contributed by atoms with Crippen LogP contribution in [0.1, 0.15) is 69.4 Å². The van der Waals surface area contributed by atoms with Crippen molar-refractivity contribution in [1.82, 2.24) is 0 Å². The molecule has 1 heterocycles. The molecule has 0 saturated carbocycles. The second-order valence-corrected chi connectivity index (χ2v) is 8.43. The van der Waals surface area contributed by atoms with Crippen molar-refractivity contribution in [2.24, 2.45) is 5.73 Å². The third-order valence-electron chi connectivity index (χ3n) is 5.66. The molecule has 8 heteroatoms. The summed E-state index contributed by atoms with van der Waals surface area (Å²) in [7, 11) is 1.42. The zero-order valence-corrected chi connectivity index (χ0v) is 20.8. The zero-order chi connectivity index (χ0) is 24.3. The summed E-state index contributed by atoms with van der Waals surface area (Å²) in [5, 5.41) is 0. The fourth-order valence-corrected chi connectivity index (χ4v) is 3.63. The molecule has 0 aliphatic carbocycles. The summed E-state index contributed by atoms with van der Waals surface area (Å²) in [4.78, 5) is 11.0. The van der Waals surface area contributed by atoms with Gasteiger partial charge in [-0.3, -0.25) is 4.79 Å². The normalized spacial score (nSPS) is 14.9. The molecule has 34 heavy (non-hydrogen) atoms. The molecule has 0 radical (unpaired) electrons. The van der Waals surface area contributed by atoms with E-state index < -0.39 is 0 Å². The Hall–Kier alpha value is -1.87. The van der Waals surface area contributed by atoms with Crippen LogP contribution in [-0.2, 0) is 23.7 Å². The predicted octanol–water partition coefficient (Wildman–Crippen LogP) is 4.19. The molecule has 1 atom stereocenters. The zero-order valence-electron chi connectivity index (χ0n) is 20.8. The second-order valence-electron chi connectivity index (χ2n) is 8.43. The fraction of sp³-hybridized carbons (Fsp3) is 0.731. The number of ether oxygens (including phenoxy) is 6. The quantitative estimate of drug-likeness (QED) is 0.219. The van der Waals surface area contributed by atoms with Gasteiger partial charge in [0.1, 0.15) is 11.5 Å². The first-order valence-electron chi connectivity index (χ1n) is 12.7. The number of hydrogen-bond acceptors (Lipinski definition) is 8. The molecule has 8 nitrogen and oxygen atoms in total. The first-order valence-corrected chi connectivity index (χ1v) is 12.7. The van der Waals surface area contributed by atoms with Gasteiger partial charge in [0, 0.05) is 37.7 Å². The van der Waals surface area contributed by atoms with Crippen LogP contribution in [0.2, 0.25) is 0 Å². The lowest BCUT2D eigenvalue weighted by Crippen LogP contribution is -2.20. The van der Waals surface area contributed by atoms with Gasteiger partial charge in [0.15, 0.2) is 0 Å². The lowest BCUT2D eigenvalue weighted by molar-refractivity contribution is -0.140. The van der Waals surface area contributed by atoms with Crippen molar-refractivity contribution in [2.75, 3.05) is 60.0 Å². The summed E-state index contributed by atoms with van der Waals surface area (Å²) in [5.41, 5.74) is 7.20. The van der Waals surface area contributed by atoms with E-state index in [-0.39, 0.29) is 12.0 Å². The maximum atomic E-state index is 11.0. The minimum atomic E-state index is -0.148. The van der Waals surface area contributed by atoms with Gasteiger partial charge in [0.05, 0.1) is 46.8 Å². The number of esters is 1. The van der Waals surface area contributed by atoms with Gasteiger partial charge < -0.3 is 34.2 Å². The predicted molar refractivity (Wildman–Crippen MR) is 130 cm³/mol. The lowest BCUT2D eigenvalue weighted by atomic mass is 10.0. The van der Waals surface area contributed by atoms with Crippen LogP contribution < -0.4 is 15.2 Å². The summed E-state index contributed by atoms with van der Waals surface area (Å²) < 4.78 is 32.7. The Morgan fingerprint density at radius 1 is 0.882 bits per heavy atom. The third-order valence-corrected chi connectivity index (χ3v) is 5.66. The number of carbonyl (C=O) groups is 1. The van der Waals surface area contributed by atoms with Gasteiger partial charge in [-0.25, -0.2) is 0 Å². The lowest BCUT2D eigenvalue weighted by Gasteiger charge is -2.23. The number of rotatable bonds is 20. The molecule has 1 aliphatic rings. The maximum Gasteiger partial charge on any atom is 0.305 e. The van der Waals surface area contributed by atoms with E-state index in [0.717, 1.165) is 75.0 Å². The molecule has 1 aliphatic heterocycles. The smallest absolute Gasteiger partial charge is 0.305 e. The highest BCUT2D eigenvalue weighted by molar-refractivity contribution is 5.68. The molecule has 1 aromatic carbocycles. The van der Waals surface area contributed by atoms with Crippen molar-refractivity contribution >= 4 is 5.97 Å². The van der Waals surface area contributed by atoms with Crippen LogP contribution in [0.4, 0.5) is 0 Å². The van der Waals surface area contributed by atoms with E-state index in [1.807, 2.05) is 18.2 Å². The van der Waals surface area contributed by atoms with E-state index in [9.17, 15) is 4.79 Å². The number of unbranched alkanes of at least 4 members (excludes halogenated alkanes) is 5. The molecular formula is C26H43NO7. The summed E-state index contributed by atoms with van der Waals surface area (Å²) in [5.74, 6) is 1.60.